The number of hydrogen-bond donors (Lipinski definition) is 1. The first-order chi connectivity index (χ1) is 8.26. The second kappa shape index (κ2) is 5.32. The van der Waals surface area contributed by atoms with E-state index in [1.54, 1.807) is 0 Å². The van der Waals surface area contributed by atoms with Gasteiger partial charge in [-0.1, -0.05) is 6.08 Å². The van der Waals surface area contributed by atoms with Crippen molar-refractivity contribution in [2.24, 2.45) is 0 Å². The smallest absolute Gasteiger partial charge is 0.129 e. The molecular formula is C14H21N3. The van der Waals surface area contributed by atoms with Crippen LogP contribution in [-0.2, 0) is 0 Å². The lowest BCUT2D eigenvalue weighted by Crippen LogP contribution is -2.26. The Morgan fingerprint density at radius 2 is 2.41 bits per heavy atom. The van der Waals surface area contributed by atoms with Gasteiger partial charge in [0.15, 0.2) is 0 Å². The lowest BCUT2D eigenvalue weighted by atomic mass is 10.1. The highest BCUT2D eigenvalue weighted by molar-refractivity contribution is 5.45. The molecular weight excluding hydrogens is 210 g/mol. The van der Waals surface area contributed by atoms with Crippen molar-refractivity contribution in [3.63, 3.8) is 0 Å². The van der Waals surface area contributed by atoms with Gasteiger partial charge in [0.25, 0.3) is 0 Å². The van der Waals surface area contributed by atoms with Crippen molar-refractivity contribution in [3.8, 4) is 0 Å². The van der Waals surface area contributed by atoms with Crippen LogP contribution in [0.15, 0.2) is 31.0 Å². The predicted molar refractivity (Wildman–Crippen MR) is 72.3 cm³/mol. The number of hydrogen-bond acceptors (Lipinski definition) is 3. The van der Waals surface area contributed by atoms with Gasteiger partial charge in [-0.3, -0.25) is 0 Å². The highest BCUT2D eigenvalue weighted by Crippen LogP contribution is 2.31. The Balaban J connectivity index is 2.20. The second-order valence-corrected chi connectivity index (χ2v) is 4.63. The van der Waals surface area contributed by atoms with E-state index in [4.69, 9.17) is 0 Å². The van der Waals surface area contributed by atoms with Gasteiger partial charge in [-0.2, -0.15) is 0 Å². The average Bonchev–Trinajstić information content (AvgIpc) is 3.19. The Morgan fingerprint density at radius 1 is 1.65 bits per heavy atom. The van der Waals surface area contributed by atoms with Crippen LogP contribution in [0.2, 0.25) is 0 Å². The molecule has 1 aromatic heterocycles. The first kappa shape index (κ1) is 12.1. The summed E-state index contributed by atoms with van der Waals surface area (Å²) >= 11 is 0. The molecule has 1 aromatic rings. The molecule has 0 aromatic carbocycles. The highest BCUT2D eigenvalue weighted by atomic mass is 15.2. The van der Waals surface area contributed by atoms with Crippen LogP contribution in [-0.4, -0.2) is 24.6 Å². The van der Waals surface area contributed by atoms with Crippen molar-refractivity contribution in [1.29, 1.82) is 0 Å². The third-order valence-electron chi connectivity index (χ3n) is 3.31. The molecule has 1 fully saturated rings. The van der Waals surface area contributed by atoms with Gasteiger partial charge in [-0.15, -0.1) is 6.58 Å². The Kier molecular flexibility index (Phi) is 3.79. The normalized spacial score (nSPS) is 16.6. The minimum Gasteiger partial charge on any atom is -0.350 e. The molecule has 1 aliphatic rings. The van der Waals surface area contributed by atoms with Gasteiger partial charge in [0.05, 0.1) is 0 Å². The second-order valence-electron chi connectivity index (χ2n) is 4.63. The van der Waals surface area contributed by atoms with E-state index in [9.17, 15) is 0 Å². The molecule has 3 nitrogen and oxygen atoms in total. The third-order valence-corrected chi connectivity index (χ3v) is 3.31. The molecule has 1 heterocycles. The highest BCUT2D eigenvalue weighted by Gasteiger charge is 2.29. The van der Waals surface area contributed by atoms with E-state index in [1.165, 1.54) is 18.4 Å². The Bertz CT molecular complexity index is 385. The van der Waals surface area contributed by atoms with Crippen LogP contribution in [0.4, 0.5) is 5.82 Å². The van der Waals surface area contributed by atoms with Gasteiger partial charge in [0, 0.05) is 24.8 Å². The molecule has 1 unspecified atom stereocenters. The molecule has 3 heteroatoms. The lowest BCUT2D eigenvalue weighted by Gasteiger charge is -2.23. The minimum atomic E-state index is 0.363. The maximum atomic E-state index is 4.49. The standard InChI is InChI=1S/C14H21N3/c1-4-9-17(13-5-6-13)14-10-12(7-8-16-14)11(2)15-3/h4,7-8,10-11,13,15H,1,5-6,9H2,2-3H3. The minimum absolute atomic E-state index is 0.363. The molecule has 92 valence electrons. The van der Waals surface area contributed by atoms with Gasteiger partial charge in [-0.25, -0.2) is 4.98 Å². The summed E-state index contributed by atoms with van der Waals surface area (Å²) in [6, 6.07) is 5.29. The number of rotatable bonds is 6. The first-order valence-corrected chi connectivity index (χ1v) is 6.27. The summed E-state index contributed by atoms with van der Waals surface area (Å²) in [7, 11) is 1.98. The van der Waals surface area contributed by atoms with E-state index in [1.807, 2.05) is 19.3 Å². The molecule has 2 rings (SSSR count). The van der Waals surface area contributed by atoms with Crippen molar-refractivity contribution in [2.45, 2.75) is 31.8 Å². The van der Waals surface area contributed by atoms with Gasteiger partial charge in [0.2, 0.25) is 0 Å². The van der Waals surface area contributed by atoms with Crippen LogP contribution in [0, 0.1) is 0 Å². The number of aromatic nitrogens is 1. The van der Waals surface area contributed by atoms with Crippen LogP contribution in [0.3, 0.4) is 0 Å². The van der Waals surface area contributed by atoms with Gasteiger partial charge in [0.1, 0.15) is 5.82 Å². The molecule has 1 N–H and O–H groups in total. The molecule has 1 aliphatic carbocycles. The molecule has 0 bridgehead atoms. The fraction of sp³-hybridized carbons (Fsp3) is 0.500. The van der Waals surface area contributed by atoms with E-state index < -0.39 is 0 Å². The van der Waals surface area contributed by atoms with E-state index in [2.05, 4.69) is 40.8 Å². The number of anilines is 1. The summed E-state index contributed by atoms with van der Waals surface area (Å²) in [4.78, 5) is 6.83. The number of pyridine rings is 1. The fourth-order valence-electron chi connectivity index (χ4n) is 1.98. The fourth-order valence-corrected chi connectivity index (χ4v) is 1.98. The summed E-state index contributed by atoms with van der Waals surface area (Å²) in [6.45, 7) is 6.87. The maximum Gasteiger partial charge on any atom is 0.129 e. The zero-order valence-corrected chi connectivity index (χ0v) is 10.7. The summed E-state index contributed by atoms with van der Waals surface area (Å²) in [5, 5.41) is 3.26. The van der Waals surface area contributed by atoms with Crippen molar-refractivity contribution < 1.29 is 0 Å². The maximum absolute atomic E-state index is 4.49. The lowest BCUT2D eigenvalue weighted by molar-refractivity contribution is 0.650. The van der Waals surface area contributed by atoms with E-state index >= 15 is 0 Å². The van der Waals surface area contributed by atoms with Gasteiger partial charge in [-0.05, 0) is 44.5 Å². The molecule has 0 saturated heterocycles. The van der Waals surface area contributed by atoms with Crippen LogP contribution >= 0.6 is 0 Å². The predicted octanol–water partition coefficient (Wildman–Crippen LogP) is 2.52. The monoisotopic (exact) mass is 231 g/mol. The Hall–Kier alpha value is -1.35. The first-order valence-electron chi connectivity index (χ1n) is 6.27. The topological polar surface area (TPSA) is 28.2 Å². The van der Waals surface area contributed by atoms with Crippen LogP contribution < -0.4 is 10.2 Å². The molecule has 0 aliphatic heterocycles. The quantitative estimate of drug-likeness (QED) is 0.763. The van der Waals surface area contributed by atoms with Crippen molar-refractivity contribution >= 4 is 5.82 Å². The summed E-state index contributed by atoms with van der Waals surface area (Å²) < 4.78 is 0. The zero-order chi connectivity index (χ0) is 12.3. The number of nitrogens with one attached hydrogen (secondary N) is 1. The van der Waals surface area contributed by atoms with Crippen LogP contribution in [0.1, 0.15) is 31.4 Å². The summed E-state index contributed by atoms with van der Waals surface area (Å²) in [6.07, 6.45) is 6.41. The van der Waals surface area contributed by atoms with Gasteiger partial charge >= 0.3 is 0 Å². The molecule has 1 atom stereocenters. The van der Waals surface area contributed by atoms with Crippen LogP contribution in [0.25, 0.3) is 0 Å². The van der Waals surface area contributed by atoms with Crippen molar-refractivity contribution in [2.75, 3.05) is 18.5 Å². The molecule has 17 heavy (non-hydrogen) atoms. The SMILES string of the molecule is C=CCN(c1cc(C(C)NC)ccn1)C1CC1. The van der Waals surface area contributed by atoms with E-state index in [0.29, 0.717) is 12.1 Å². The summed E-state index contributed by atoms with van der Waals surface area (Å²) in [5.74, 6) is 1.08. The van der Waals surface area contributed by atoms with Gasteiger partial charge < -0.3 is 10.2 Å². The van der Waals surface area contributed by atoms with Crippen molar-refractivity contribution in [3.05, 3.63) is 36.5 Å². The zero-order valence-electron chi connectivity index (χ0n) is 10.7. The average molecular weight is 231 g/mol. The Morgan fingerprint density at radius 3 is 3.00 bits per heavy atom. The van der Waals surface area contributed by atoms with E-state index in [0.717, 1.165) is 12.4 Å². The van der Waals surface area contributed by atoms with Crippen molar-refractivity contribution in [1.82, 2.24) is 10.3 Å². The molecule has 0 amide bonds. The Labute approximate surface area is 104 Å². The summed E-state index contributed by atoms with van der Waals surface area (Å²) in [5.41, 5.74) is 1.28. The van der Waals surface area contributed by atoms with Crippen LogP contribution in [0.5, 0.6) is 0 Å². The third kappa shape index (κ3) is 2.86. The van der Waals surface area contributed by atoms with E-state index in [-0.39, 0.29) is 0 Å². The molecule has 0 spiro atoms. The molecule has 0 radical (unpaired) electrons. The largest absolute Gasteiger partial charge is 0.350 e. The molecule has 1 saturated carbocycles. The number of nitrogens with zero attached hydrogens (tertiary/aromatic N) is 2.